The van der Waals surface area contributed by atoms with Gasteiger partial charge >= 0.3 is 0 Å². The van der Waals surface area contributed by atoms with Crippen LogP contribution in [-0.4, -0.2) is 39.7 Å². The maximum absolute atomic E-state index is 11.3. The molecule has 1 rings (SSSR count). The summed E-state index contributed by atoms with van der Waals surface area (Å²) in [6.45, 7) is 6.71. The predicted octanol–water partition coefficient (Wildman–Crippen LogP) is 1.63. The predicted molar refractivity (Wildman–Crippen MR) is 58.4 cm³/mol. The number of hydrogen-bond acceptors (Lipinski definition) is 2. The zero-order valence-electron chi connectivity index (χ0n) is 8.79. The molecule has 3 heteroatoms. The highest BCUT2D eigenvalue weighted by Crippen LogP contribution is 2.10. The second kappa shape index (κ2) is 5.76. The first kappa shape index (κ1) is 11.2. The second-order valence-corrected chi connectivity index (χ2v) is 5.57. The summed E-state index contributed by atoms with van der Waals surface area (Å²) in [5.74, 6) is 1.79. The summed E-state index contributed by atoms with van der Waals surface area (Å²) in [6.07, 6.45) is 3.64. The molecule has 1 heterocycles. The molecule has 0 N–H and O–H groups in total. The van der Waals surface area contributed by atoms with Gasteiger partial charge in [0.1, 0.15) is 0 Å². The average Bonchev–Trinajstić information content (AvgIpc) is 2.28. The molecule has 2 nitrogen and oxygen atoms in total. The Morgan fingerprint density at radius 3 is 2.92 bits per heavy atom. The summed E-state index contributed by atoms with van der Waals surface area (Å²) >= 11 is 0. The Bertz CT molecular complexity index is 172. The molecule has 2 unspecified atom stereocenters. The van der Waals surface area contributed by atoms with Gasteiger partial charge in [0.2, 0.25) is 0 Å². The van der Waals surface area contributed by atoms with E-state index in [9.17, 15) is 4.21 Å². The monoisotopic (exact) mass is 203 g/mol. The lowest BCUT2D eigenvalue weighted by Crippen LogP contribution is -2.34. The van der Waals surface area contributed by atoms with Gasteiger partial charge in [-0.25, -0.2) is 0 Å². The fourth-order valence-electron chi connectivity index (χ4n) is 1.72. The minimum absolute atomic E-state index is 0.546. The molecular weight excluding hydrogens is 182 g/mol. The lowest BCUT2D eigenvalue weighted by molar-refractivity contribution is 0.218. The Labute approximate surface area is 84.2 Å². The van der Waals surface area contributed by atoms with Crippen molar-refractivity contribution in [2.75, 3.05) is 24.6 Å². The maximum Gasteiger partial charge on any atom is 0.0362 e. The van der Waals surface area contributed by atoms with E-state index in [1.54, 1.807) is 0 Å². The van der Waals surface area contributed by atoms with Crippen molar-refractivity contribution in [2.24, 2.45) is 0 Å². The molecule has 0 aromatic rings. The molecule has 0 saturated carbocycles. The third-order valence-electron chi connectivity index (χ3n) is 2.79. The molecule has 13 heavy (non-hydrogen) atoms. The standard InChI is InChI=1S/C10H21NOS/c1-3-4-6-11-7-9-13(12)8-5-10(11)2/h10H,3-9H2,1-2H3. The molecule has 1 saturated heterocycles. The van der Waals surface area contributed by atoms with Crippen molar-refractivity contribution in [3.05, 3.63) is 0 Å². The Hall–Kier alpha value is 0.110. The van der Waals surface area contributed by atoms with Gasteiger partial charge in [0.05, 0.1) is 0 Å². The van der Waals surface area contributed by atoms with Gasteiger partial charge in [-0.2, -0.15) is 0 Å². The number of rotatable bonds is 3. The average molecular weight is 203 g/mol. The highest BCUT2D eigenvalue weighted by molar-refractivity contribution is 7.85. The van der Waals surface area contributed by atoms with Crippen molar-refractivity contribution in [1.29, 1.82) is 0 Å². The highest BCUT2D eigenvalue weighted by Gasteiger charge is 2.18. The van der Waals surface area contributed by atoms with Crippen LogP contribution in [0.4, 0.5) is 0 Å². The van der Waals surface area contributed by atoms with Crippen molar-refractivity contribution in [3.63, 3.8) is 0 Å². The van der Waals surface area contributed by atoms with Gasteiger partial charge in [-0.05, 0) is 26.3 Å². The van der Waals surface area contributed by atoms with Crippen molar-refractivity contribution in [1.82, 2.24) is 4.90 Å². The Balaban J connectivity index is 2.37. The molecule has 0 radical (unpaired) electrons. The Morgan fingerprint density at radius 1 is 1.46 bits per heavy atom. The summed E-state index contributed by atoms with van der Waals surface area (Å²) in [5.41, 5.74) is 0. The molecule has 0 aliphatic carbocycles. The quantitative estimate of drug-likeness (QED) is 0.695. The Morgan fingerprint density at radius 2 is 2.23 bits per heavy atom. The van der Waals surface area contributed by atoms with E-state index in [1.807, 2.05) is 0 Å². The van der Waals surface area contributed by atoms with E-state index in [0.29, 0.717) is 6.04 Å². The molecule has 0 aromatic carbocycles. The third kappa shape index (κ3) is 3.77. The van der Waals surface area contributed by atoms with Gasteiger partial charge in [-0.3, -0.25) is 9.11 Å². The van der Waals surface area contributed by atoms with Crippen LogP contribution in [0.2, 0.25) is 0 Å². The van der Waals surface area contributed by atoms with Crippen LogP contribution in [0.1, 0.15) is 33.1 Å². The van der Waals surface area contributed by atoms with E-state index in [4.69, 9.17) is 0 Å². The lowest BCUT2D eigenvalue weighted by Gasteiger charge is -2.25. The van der Waals surface area contributed by atoms with E-state index in [-0.39, 0.29) is 0 Å². The van der Waals surface area contributed by atoms with Crippen LogP contribution in [0.5, 0.6) is 0 Å². The van der Waals surface area contributed by atoms with Crippen molar-refractivity contribution in [2.45, 2.75) is 39.2 Å². The van der Waals surface area contributed by atoms with Crippen LogP contribution < -0.4 is 0 Å². The number of unbranched alkanes of at least 4 members (excludes halogenated alkanes) is 1. The minimum Gasteiger partial charge on any atom is -0.300 e. The van der Waals surface area contributed by atoms with Crippen LogP contribution in [0.15, 0.2) is 0 Å². The second-order valence-electron chi connectivity index (χ2n) is 3.88. The first-order chi connectivity index (χ1) is 6.24. The van der Waals surface area contributed by atoms with Crippen LogP contribution in [0, 0.1) is 0 Å². The molecular formula is C10H21NOS. The summed E-state index contributed by atoms with van der Waals surface area (Å²) < 4.78 is 11.3. The molecule has 78 valence electrons. The zero-order chi connectivity index (χ0) is 9.68. The van der Waals surface area contributed by atoms with E-state index in [2.05, 4.69) is 18.7 Å². The first-order valence-electron chi connectivity index (χ1n) is 5.33. The first-order valence-corrected chi connectivity index (χ1v) is 6.82. The number of nitrogens with zero attached hydrogens (tertiary/aromatic N) is 1. The van der Waals surface area contributed by atoms with Crippen LogP contribution >= 0.6 is 0 Å². The van der Waals surface area contributed by atoms with E-state index >= 15 is 0 Å². The molecule has 0 spiro atoms. The van der Waals surface area contributed by atoms with Gasteiger partial charge in [0, 0.05) is 34.9 Å². The van der Waals surface area contributed by atoms with Crippen LogP contribution in [-0.2, 0) is 10.8 Å². The third-order valence-corrected chi connectivity index (χ3v) is 4.12. The van der Waals surface area contributed by atoms with Gasteiger partial charge in [0.15, 0.2) is 0 Å². The van der Waals surface area contributed by atoms with Crippen LogP contribution in [0.25, 0.3) is 0 Å². The fraction of sp³-hybridized carbons (Fsp3) is 1.00. The molecule has 1 aliphatic rings. The maximum atomic E-state index is 11.3. The van der Waals surface area contributed by atoms with Crippen molar-refractivity contribution >= 4 is 10.8 Å². The van der Waals surface area contributed by atoms with Gasteiger partial charge in [-0.15, -0.1) is 0 Å². The summed E-state index contributed by atoms with van der Waals surface area (Å²) in [4.78, 5) is 2.49. The SMILES string of the molecule is CCCCN1CCS(=O)CCC1C. The Kier molecular flexibility index (Phi) is 4.96. The number of hydrogen-bond donors (Lipinski definition) is 0. The lowest BCUT2D eigenvalue weighted by atomic mass is 10.2. The minimum atomic E-state index is -0.546. The van der Waals surface area contributed by atoms with Gasteiger partial charge in [-0.1, -0.05) is 13.3 Å². The highest BCUT2D eigenvalue weighted by atomic mass is 32.2. The van der Waals surface area contributed by atoms with Crippen LogP contribution in [0.3, 0.4) is 0 Å². The summed E-state index contributed by atoms with van der Waals surface area (Å²) in [6, 6.07) is 0.637. The normalized spacial score (nSPS) is 31.5. The van der Waals surface area contributed by atoms with Crippen molar-refractivity contribution in [3.8, 4) is 0 Å². The molecule has 1 aliphatic heterocycles. The van der Waals surface area contributed by atoms with E-state index < -0.39 is 10.8 Å². The summed E-state index contributed by atoms with van der Waals surface area (Å²) in [5, 5.41) is 0. The molecule has 0 amide bonds. The smallest absolute Gasteiger partial charge is 0.0362 e. The van der Waals surface area contributed by atoms with Gasteiger partial charge < -0.3 is 0 Å². The summed E-state index contributed by atoms with van der Waals surface area (Å²) in [7, 11) is -0.546. The molecule has 0 aromatic heterocycles. The van der Waals surface area contributed by atoms with Crippen molar-refractivity contribution < 1.29 is 4.21 Å². The largest absolute Gasteiger partial charge is 0.300 e. The molecule has 2 atom stereocenters. The molecule has 0 bridgehead atoms. The van der Waals surface area contributed by atoms with E-state index in [0.717, 1.165) is 24.5 Å². The van der Waals surface area contributed by atoms with E-state index in [1.165, 1.54) is 19.4 Å². The topological polar surface area (TPSA) is 20.3 Å². The fourth-order valence-corrected chi connectivity index (χ4v) is 2.97. The zero-order valence-corrected chi connectivity index (χ0v) is 9.61. The molecule has 1 fully saturated rings. The van der Waals surface area contributed by atoms with Gasteiger partial charge in [0.25, 0.3) is 0 Å².